The summed E-state index contributed by atoms with van der Waals surface area (Å²) in [6.07, 6.45) is 9.68. The van der Waals surface area contributed by atoms with Crippen LogP contribution in [0.15, 0.2) is 0 Å². The lowest BCUT2D eigenvalue weighted by atomic mass is 9.92. The lowest BCUT2D eigenvalue weighted by Gasteiger charge is -2.35. The van der Waals surface area contributed by atoms with Crippen LogP contribution in [-0.2, 0) is 4.79 Å². The molecule has 4 heteroatoms. The average Bonchev–Trinajstić information content (AvgIpc) is 2.46. The molecule has 1 saturated carbocycles. The molecule has 2 nitrogen and oxygen atoms in total. The van der Waals surface area contributed by atoms with Crippen LogP contribution < -0.4 is 0 Å². The molecule has 0 atom stereocenters. The van der Waals surface area contributed by atoms with E-state index in [9.17, 15) is 4.79 Å². The van der Waals surface area contributed by atoms with E-state index in [0.717, 1.165) is 18.3 Å². The van der Waals surface area contributed by atoms with Crippen LogP contribution in [0.4, 0.5) is 0 Å². The number of nitrogens with zero attached hydrogens (tertiary/aromatic N) is 1. The smallest absolute Gasteiger partial charge is 0.223 e. The van der Waals surface area contributed by atoms with Gasteiger partial charge in [-0.15, -0.1) is 0 Å². The Morgan fingerprint density at radius 2 is 1.79 bits per heavy atom. The molecule has 110 valence electrons. The third-order valence-corrected chi connectivity index (χ3v) is 5.87. The van der Waals surface area contributed by atoms with Crippen LogP contribution in [-0.4, -0.2) is 40.2 Å². The maximum Gasteiger partial charge on any atom is 0.223 e. The molecule has 1 saturated heterocycles. The molecule has 0 aromatic heterocycles. The molecule has 0 N–H and O–H groups in total. The Labute approximate surface area is 130 Å². The monoisotopic (exact) mass is 347 g/mol. The fourth-order valence-corrected chi connectivity index (χ4v) is 4.90. The first-order valence-corrected chi connectivity index (χ1v) is 10.0. The lowest BCUT2D eigenvalue weighted by Crippen LogP contribution is -2.43. The predicted molar refractivity (Wildman–Crippen MR) is 87.0 cm³/mol. The zero-order valence-corrected chi connectivity index (χ0v) is 14.2. The molecule has 0 radical (unpaired) electrons. The topological polar surface area (TPSA) is 20.3 Å². The lowest BCUT2D eigenvalue weighted by molar-refractivity contribution is -0.135. The zero-order chi connectivity index (χ0) is 13.5. The van der Waals surface area contributed by atoms with E-state index in [0.29, 0.717) is 17.9 Å². The zero-order valence-electron chi connectivity index (χ0n) is 11.8. The Hall–Kier alpha value is 0.300. The van der Waals surface area contributed by atoms with E-state index in [-0.39, 0.29) is 0 Å². The van der Waals surface area contributed by atoms with Crippen LogP contribution in [0, 0.1) is 5.92 Å². The van der Waals surface area contributed by atoms with Crippen LogP contribution >= 0.6 is 27.7 Å². The second kappa shape index (κ2) is 8.56. The Kier molecular flexibility index (Phi) is 7.06. The summed E-state index contributed by atoms with van der Waals surface area (Å²) in [6.45, 7) is 0.894. The van der Waals surface area contributed by atoms with E-state index in [2.05, 4.69) is 20.8 Å². The first-order valence-electron chi connectivity index (χ1n) is 7.74. The van der Waals surface area contributed by atoms with Gasteiger partial charge in [-0.05, 0) is 43.1 Å². The van der Waals surface area contributed by atoms with Gasteiger partial charge in [-0.1, -0.05) is 35.2 Å². The molecule has 1 aliphatic carbocycles. The summed E-state index contributed by atoms with van der Waals surface area (Å²) in [5.74, 6) is 3.57. The number of hydrogen-bond donors (Lipinski definition) is 0. The maximum absolute atomic E-state index is 12.6. The summed E-state index contributed by atoms with van der Waals surface area (Å²) in [5, 5.41) is 0.912. The fraction of sp³-hybridized carbons (Fsp3) is 0.933. The first kappa shape index (κ1) is 15.7. The van der Waals surface area contributed by atoms with Crippen LogP contribution in [0.5, 0.6) is 0 Å². The number of alkyl halides is 1. The van der Waals surface area contributed by atoms with E-state index < -0.39 is 0 Å². The normalized spacial score (nSPS) is 22.4. The number of thioether (sulfide) groups is 1. The van der Waals surface area contributed by atoms with E-state index in [1.807, 2.05) is 11.8 Å². The van der Waals surface area contributed by atoms with Crippen molar-refractivity contribution in [2.45, 2.75) is 57.4 Å². The molecule has 1 amide bonds. The summed E-state index contributed by atoms with van der Waals surface area (Å²) in [4.78, 5) is 14.8. The van der Waals surface area contributed by atoms with E-state index in [1.54, 1.807) is 0 Å². The number of halogens is 1. The highest BCUT2D eigenvalue weighted by atomic mass is 79.9. The van der Waals surface area contributed by atoms with E-state index in [4.69, 9.17) is 0 Å². The summed E-state index contributed by atoms with van der Waals surface area (Å²) >= 11 is 5.55. The van der Waals surface area contributed by atoms with Gasteiger partial charge in [0.2, 0.25) is 5.91 Å². The van der Waals surface area contributed by atoms with Gasteiger partial charge in [0.25, 0.3) is 0 Å². The van der Waals surface area contributed by atoms with Crippen molar-refractivity contribution < 1.29 is 4.79 Å². The Morgan fingerprint density at radius 1 is 1.11 bits per heavy atom. The second-order valence-electron chi connectivity index (χ2n) is 5.83. The molecule has 19 heavy (non-hydrogen) atoms. The largest absolute Gasteiger partial charge is 0.339 e. The molecule has 0 bridgehead atoms. The van der Waals surface area contributed by atoms with Crippen molar-refractivity contribution in [2.24, 2.45) is 5.92 Å². The van der Waals surface area contributed by atoms with Gasteiger partial charge < -0.3 is 4.90 Å². The highest BCUT2D eigenvalue weighted by Crippen LogP contribution is 2.28. The molecule has 0 aromatic rings. The molecule has 0 spiro atoms. The molecule has 2 fully saturated rings. The third-order valence-electron chi connectivity index (χ3n) is 4.47. The average molecular weight is 348 g/mol. The molecule has 0 unspecified atom stereocenters. The SMILES string of the molecule is O=C(CC1CCSCC1)N(CCBr)C1CCCCC1. The van der Waals surface area contributed by atoms with Gasteiger partial charge in [-0.3, -0.25) is 4.79 Å². The summed E-state index contributed by atoms with van der Waals surface area (Å²) in [6, 6.07) is 0.525. The number of carbonyl (C=O) groups excluding carboxylic acids is 1. The van der Waals surface area contributed by atoms with Crippen LogP contribution in [0.1, 0.15) is 51.4 Å². The van der Waals surface area contributed by atoms with Gasteiger partial charge >= 0.3 is 0 Å². The van der Waals surface area contributed by atoms with Gasteiger partial charge in [-0.2, -0.15) is 11.8 Å². The van der Waals surface area contributed by atoms with E-state index >= 15 is 0 Å². The van der Waals surface area contributed by atoms with Gasteiger partial charge in [0.15, 0.2) is 0 Å². The van der Waals surface area contributed by atoms with Crippen molar-refractivity contribution in [1.82, 2.24) is 4.90 Å². The fourth-order valence-electron chi connectivity index (χ4n) is 3.31. The Morgan fingerprint density at radius 3 is 2.42 bits per heavy atom. The van der Waals surface area contributed by atoms with Gasteiger partial charge in [0, 0.05) is 24.3 Å². The van der Waals surface area contributed by atoms with Crippen molar-refractivity contribution >= 4 is 33.6 Å². The third kappa shape index (κ3) is 4.96. The molecular formula is C15H26BrNOS. The van der Waals surface area contributed by atoms with Crippen molar-refractivity contribution in [3.05, 3.63) is 0 Å². The van der Waals surface area contributed by atoms with Gasteiger partial charge in [-0.25, -0.2) is 0 Å². The quantitative estimate of drug-likeness (QED) is 0.698. The number of rotatable bonds is 5. The van der Waals surface area contributed by atoms with Crippen LogP contribution in [0.2, 0.25) is 0 Å². The summed E-state index contributed by atoms with van der Waals surface area (Å²) in [7, 11) is 0. The minimum absolute atomic E-state index is 0.420. The minimum atomic E-state index is 0.420. The van der Waals surface area contributed by atoms with Crippen LogP contribution in [0.25, 0.3) is 0 Å². The highest BCUT2D eigenvalue weighted by molar-refractivity contribution is 9.09. The Bertz CT molecular complexity index is 275. The van der Waals surface area contributed by atoms with Crippen molar-refractivity contribution in [3.8, 4) is 0 Å². The molecule has 2 rings (SSSR count). The first-order chi connectivity index (χ1) is 9.31. The molecule has 0 aromatic carbocycles. The van der Waals surface area contributed by atoms with Crippen molar-refractivity contribution in [3.63, 3.8) is 0 Å². The van der Waals surface area contributed by atoms with Crippen molar-refractivity contribution in [2.75, 3.05) is 23.4 Å². The molecule has 2 aliphatic rings. The summed E-state index contributed by atoms with van der Waals surface area (Å²) in [5.41, 5.74) is 0. The minimum Gasteiger partial charge on any atom is -0.339 e. The maximum atomic E-state index is 12.6. The van der Waals surface area contributed by atoms with Crippen LogP contribution in [0.3, 0.4) is 0 Å². The highest BCUT2D eigenvalue weighted by Gasteiger charge is 2.27. The second-order valence-corrected chi connectivity index (χ2v) is 7.85. The number of carbonyl (C=O) groups is 1. The summed E-state index contributed by atoms with van der Waals surface area (Å²) < 4.78 is 0. The molecular weight excluding hydrogens is 322 g/mol. The predicted octanol–water partition coefficient (Wildman–Crippen LogP) is 4.08. The standard InChI is InChI=1S/C15H26BrNOS/c16-8-9-17(14-4-2-1-3-5-14)15(18)12-13-6-10-19-11-7-13/h13-14H,1-12H2. The van der Waals surface area contributed by atoms with Gasteiger partial charge in [0.1, 0.15) is 0 Å². The van der Waals surface area contributed by atoms with E-state index in [1.165, 1.54) is 56.5 Å². The molecule has 1 aliphatic heterocycles. The number of amides is 1. The number of hydrogen-bond acceptors (Lipinski definition) is 2. The Balaban J connectivity index is 1.87. The molecule has 1 heterocycles. The van der Waals surface area contributed by atoms with Gasteiger partial charge in [0.05, 0.1) is 0 Å². The van der Waals surface area contributed by atoms with Crippen molar-refractivity contribution in [1.29, 1.82) is 0 Å².